The van der Waals surface area contributed by atoms with E-state index in [0.717, 1.165) is 13.1 Å². The van der Waals surface area contributed by atoms with E-state index in [4.69, 9.17) is 0 Å². The largest absolute Gasteiger partial charge is 0.392 e. The summed E-state index contributed by atoms with van der Waals surface area (Å²) in [6.45, 7) is 8.18. The predicted molar refractivity (Wildman–Crippen MR) is 76.3 cm³/mol. The molecule has 0 saturated heterocycles. The van der Waals surface area contributed by atoms with E-state index in [1.165, 1.54) is 51.4 Å². The van der Waals surface area contributed by atoms with E-state index >= 15 is 0 Å². The second kappa shape index (κ2) is 12.4. The minimum atomic E-state index is -0.191. The quantitative estimate of drug-likeness (QED) is 0.512. The average Bonchev–Trinajstić information content (AvgIpc) is 2.31. The number of nitrogens with one attached hydrogen (secondary N) is 1. The second-order valence-corrected chi connectivity index (χ2v) is 5.49. The SMILES string of the molecule is CCCCCCCCCCNCC(O)C(C)C. The van der Waals surface area contributed by atoms with Gasteiger partial charge in [-0.3, -0.25) is 0 Å². The lowest BCUT2D eigenvalue weighted by molar-refractivity contribution is 0.123. The van der Waals surface area contributed by atoms with E-state index in [2.05, 4.69) is 26.1 Å². The predicted octanol–water partition coefficient (Wildman–Crippen LogP) is 3.73. The van der Waals surface area contributed by atoms with Crippen LogP contribution in [0.15, 0.2) is 0 Å². The Balaban J connectivity index is 3.03. The molecule has 0 amide bonds. The summed E-state index contributed by atoms with van der Waals surface area (Å²) >= 11 is 0. The fraction of sp³-hybridized carbons (Fsp3) is 1.00. The Morgan fingerprint density at radius 3 is 1.94 bits per heavy atom. The number of rotatable bonds is 12. The number of hydrogen-bond donors (Lipinski definition) is 2. The molecule has 0 aliphatic carbocycles. The molecule has 0 fully saturated rings. The van der Waals surface area contributed by atoms with Crippen LogP contribution in [0.25, 0.3) is 0 Å². The maximum absolute atomic E-state index is 9.59. The van der Waals surface area contributed by atoms with E-state index in [9.17, 15) is 5.11 Å². The third-order valence-electron chi connectivity index (χ3n) is 3.33. The molecule has 0 heterocycles. The van der Waals surface area contributed by atoms with Gasteiger partial charge in [-0.05, 0) is 18.9 Å². The molecule has 0 aromatic rings. The van der Waals surface area contributed by atoms with Crippen LogP contribution < -0.4 is 5.32 Å². The molecule has 2 nitrogen and oxygen atoms in total. The zero-order chi connectivity index (χ0) is 12.9. The van der Waals surface area contributed by atoms with Crippen LogP contribution in [-0.2, 0) is 0 Å². The van der Waals surface area contributed by atoms with E-state index in [1.54, 1.807) is 0 Å². The Labute approximate surface area is 108 Å². The van der Waals surface area contributed by atoms with Crippen LogP contribution in [0.3, 0.4) is 0 Å². The highest BCUT2D eigenvalue weighted by molar-refractivity contribution is 4.62. The first-order valence-corrected chi connectivity index (χ1v) is 7.57. The molecule has 2 heteroatoms. The first-order chi connectivity index (χ1) is 8.18. The summed E-state index contributed by atoms with van der Waals surface area (Å²) in [5.74, 6) is 0.362. The average molecular weight is 243 g/mol. The maximum Gasteiger partial charge on any atom is 0.0687 e. The molecular weight excluding hydrogens is 210 g/mol. The van der Waals surface area contributed by atoms with Crippen LogP contribution in [0.2, 0.25) is 0 Å². The van der Waals surface area contributed by atoms with E-state index in [1.807, 2.05) is 0 Å². The van der Waals surface area contributed by atoms with Crippen LogP contribution in [-0.4, -0.2) is 24.3 Å². The summed E-state index contributed by atoms with van der Waals surface area (Å²) in [7, 11) is 0. The molecule has 104 valence electrons. The van der Waals surface area contributed by atoms with Gasteiger partial charge in [0, 0.05) is 6.54 Å². The summed E-state index contributed by atoms with van der Waals surface area (Å²) in [6.07, 6.45) is 10.7. The van der Waals surface area contributed by atoms with E-state index in [0.29, 0.717) is 5.92 Å². The summed E-state index contributed by atoms with van der Waals surface area (Å²) < 4.78 is 0. The Hall–Kier alpha value is -0.0800. The van der Waals surface area contributed by atoms with Crippen molar-refractivity contribution in [1.82, 2.24) is 5.32 Å². The molecule has 17 heavy (non-hydrogen) atoms. The molecule has 1 unspecified atom stereocenters. The van der Waals surface area contributed by atoms with Crippen LogP contribution in [0.4, 0.5) is 0 Å². The van der Waals surface area contributed by atoms with Gasteiger partial charge in [-0.2, -0.15) is 0 Å². The smallest absolute Gasteiger partial charge is 0.0687 e. The lowest BCUT2D eigenvalue weighted by Crippen LogP contribution is -2.31. The monoisotopic (exact) mass is 243 g/mol. The van der Waals surface area contributed by atoms with Crippen molar-refractivity contribution < 1.29 is 5.11 Å². The maximum atomic E-state index is 9.59. The summed E-state index contributed by atoms with van der Waals surface area (Å²) in [6, 6.07) is 0. The number of aliphatic hydroxyl groups excluding tert-OH is 1. The zero-order valence-electron chi connectivity index (χ0n) is 12.2. The molecule has 2 N–H and O–H groups in total. The molecular formula is C15H33NO. The lowest BCUT2D eigenvalue weighted by atomic mass is 10.1. The molecule has 0 radical (unpaired) electrons. The van der Waals surface area contributed by atoms with Crippen molar-refractivity contribution in [3.63, 3.8) is 0 Å². The Kier molecular flexibility index (Phi) is 12.3. The molecule has 0 aromatic carbocycles. The summed E-state index contributed by atoms with van der Waals surface area (Å²) in [5.41, 5.74) is 0. The summed E-state index contributed by atoms with van der Waals surface area (Å²) in [4.78, 5) is 0. The molecule has 1 atom stereocenters. The highest BCUT2D eigenvalue weighted by Crippen LogP contribution is 2.07. The van der Waals surface area contributed by atoms with Gasteiger partial charge in [0.15, 0.2) is 0 Å². The van der Waals surface area contributed by atoms with Gasteiger partial charge in [0.05, 0.1) is 6.10 Å². The fourth-order valence-electron chi connectivity index (χ4n) is 1.87. The third kappa shape index (κ3) is 12.2. The van der Waals surface area contributed by atoms with Crippen LogP contribution in [0.5, 0.6) is 0 Å². The number of unbranched alkanes of at least 4 members (excludes halogenated alkanes) is 7. The van der Waals surface area contributed by atoms with Crippen LogP contribution in [0.1, 0.15) is 72.1 Å². The molecule has 0 aliphatic rings. The van der Waals surface area contributed by atoms with Gasteiger partial charge >= 0.3 is 0 Å². The van der Waals surface area contributed by atoms with E-state index in [-0.39, 0.29) is 6.10 Å². The Morgan fingerprint density at radius 2 is 1.41 bits per heavy atom. The third-order valence-corrected chi connectivity index (χ3v) is 3.33. The van der Waals surface area contributed by atoms with Crippen molar-refractivity contribution in [3.8, 4) is 0 Å². The first kappa shape index (κ1) is 16.9. The number of aliphatic hydroxyl groups is 1. The Morgan fingerprint density at radius 1 is 0.882 bits per heavy atom. The summed E-state index contributed by atoms with van der Waals surface area (Å²) in [5, 5.41) is 12.9. The standard InChI is InChI=1S/C15H33NO/c1-4-5-6-7-8-9-10-11-12-16-13-15(17)14(2)3/h14-17H,4-13H2,1-3H3. The molecule has 0 bridgehead atoms. The highest BCUT2D eigenvalue weighted by Gasteiger charge is 2.07. The van der Waals surface area contributed by atoms with Gasteiger partial charge in [0.25, 0.3) is 0 Å². The van der Waals surface area contributed by atoms with E-state index < -0.39 is 0 Å². The van der Waals surface area contributed by atoms with Crippen molar-refractivity contribution in [1.29, 1.82) is 0 Å². The van der Waals surface area contributed by atoms with Gasteiger partial charge in [0.2, 0.25) is 0 Å². The van der Waals surface area contributed by atoms with Crippen molar-refractivity contribution in [2.45, 2.75) is 78.2 Å². The van der Waals surface area contributed by atoms with Gasteiger partial charge in [0.1, 0.15) is 0 Å². The number of hydrogen-bond acceptors (Lipinski definition) is 2. The first-order valence-electron chi connectivity index (χ1n) is 7.57. The minimum Gasteiger partial charge on any atom is -0.392 e. The van der Waals surface area contributed by atoms with Gasteiger partial charge in [-0.25, -0.2) is 0 Å². The molecule has 0 saturated carbocycles. The van der Waals surface area contributed by atoms with Crippen molar-refractivity contribution in [2.75, 3.05) is 13.1 Å². The minimum absolute atomic E-state index is 0.191. The van der Waals surface area contributed by atoms with Gasteiger partial charge in [-0.15, -0.1) is 0 Å². The molecule has 0 rings (SSSR count). The van der Waals surface area contributed by atoms with Crippen LogP contribution in [0, 0.1) is 5.92 Å². The van der Waals surface area contributed by atoms with Crippen molar-refractivity contribution in [3.05, 3.63) is 0 Å². The zero-order valence-corrected chi connectivity index (χ0v) is 12.2. The topological polar surface area (TPSA) is 32.3 Å². The van der Waals surface area contributed by atoms with Gasteiger partial charge < -0.3 is 10.4 Å². The van der Waals surface area contributed by atoms with Crippen molar-refractivity contribution >= 4 is 0 Å². The second-order valence-electron chi connectivity index (χ2n) is 5.49. The van der Waals surface area contributed by atoms with Gasteiger partial charge in [-0.1, -0.05) is 65.7 Å². The fourth-order valence-corrected chi connectivity index (χ4v) is 1.87. The molecule has 0 spiro atoms. The normalized spacial score (nSPS) is 13.2. The van der Waals surface area contributed by atoms with Crippen LogP contribution >= 0.6 is 0 Å². The highest BCUT2D eigenvalue weighted by atomic mass is 16.3. The molecule has 0 aliphatic heterocycles. The van der Waals surface area contributed by atoms with Crippen molar-refractivity contribution in [2.24, 2.45) is 5.92 Å². The Bertz CT molecular complexity index is 148. The molecule has 0 aromatic heterocycles. The lowest BCUT2D eigenvalue weighted by Gasteiger charge is -2.14.